The molecular formula is C28H45N3O7. The highest BCUT2D eigenvalue weighted by atomic mass is 16.6. The molecule has 10 heteroatoms. The van der Waals surface area contributed by atoms with Crippen LogP contribution in [0.1, 0.15) is 80.1 Å². The number of carbonyl (C=O) groups excluding carboxylic acids is 4. The van der Waals surface area contributed by atoms with E-state index in [4.69, 9.17) is 14.2 Å². The van der Waals surface area contributed by atoms with E-state index >= 15 is 0 Å². The van der Waals surface area contributed by atoms with Gasteiger partial charge in [-0.3, -0.25) is 9.59 Å². The quantitative estimate of drug-likeness (QED) is 0.410. The molecule has 3 rings (SSSR count). The molecule has 1 aliphatic carbocycles. The number of amides is 3. The molecule has 6 atom stereocenters. The highest BCUT2D eigenvalue weighted by molar-refractivity contribution is 5.96. The van der Waals surface area contributed by atoms with Crippen LogP contribution in [0.4, 0.5) is 4.79 Å². The molecule has 0 spiro atoms. The SMILES string of the molecule is CCOC(=O)[C@@]12CC1/C=C\CC(C)CCC[C@H](NC(=O)OC(C)(C)C)C(=O)N1C[C@H](OCC)C[C@H]1C(=O)N2. The van der Waals surface area contributed by atoms with Crippen molar-refractivity contribution in [3.63, 3.8) is 0 Å². The van der Waals surface area contributed by atoms with Crippen LogP contribution in [0.2, 0.25) is 0 Å². The Balaban J connectivity index is 1.91. The summed E-state index contributed by atoms with van der Waals surface area (Å²) in [6.07, 6.45) is 6.65. The molecule has 3 amide bonds. The minimum atomic E-state index is -1.13. The number of fused-ring (bicyclic) bond motifs is 2. The number of hydrogen-bond donors (Lipinski definition) is 2. The van der Waals surface area contributed by atoms with Gasteiger partial charge in [-0.1, -0.05) is 31.9 Å². The van der Waals surface area contributed by atoms with Crippen LogP contribution in [-0.2, 0) is 28.6 Å². The third-order valence-electron chi connectivity index (χ3n) is 7.34. The monoisotopic (exact) mass is 535 g/mol. The van der Waals surface area contributed by atoms with Crippen molar-refractivity contribution < 1.29 is 33.4 Å². The summed E-state index contributed by atoms with van der Waals surface area (Å²) in [5, 5.41) is 5.70. The largest absolute Gasteiger partial charge is 0.464 e. The van der Waals surface area contributed by atoms with E-state index in [1.807, 2.05) is 13.0 Å². The molecule has 2 aliphatic heterocycles. The van der Waals surface area contributed by atoms with Gasteiger partial charge in [0.2, 0.25) is 11.8 Å². The third-order valence-corrected chi connectivity index (χ3v) is 7.34. The molecule has 0 aromatic carbocycles. The Kier molecular flexibility index (Phi) is 9.84. The molecule has 10 nitrogen and oxygen atoms in total. The van der Waals surface area contributed by atoms with Gasteiger partial charge in [0.05, 0.1) is 12.7 Å². The molecule has 0 aromatic heterocycles. The molecule has 0 radical (unpaired) electrons. The minimum Gasteiger partial charge on any atom is -0.464 e. The van der Waals surface area contributed by atoms with E-state index in [9.17, 15) is 19.2 Å². The van der Waals surface area contributed by atoms with Crippen molar-refractivity contribution in [1.82, 2.24) is 15.5 Å². The van der Waals surface area contributed by atoms with Crippen molar-refractivity contribution in [2.45, 2.75) is 109 Å². The van der Waals surface area contributed by atoms with E-state index in [0.717, 1.165) is 19.3 Å². The lowest BCUT2D eigenvalue weighted by molar-refractivity contribution is -0.150. The number of nitrogens with zero attached hydrogens (tertiary/aromatic N) is 1. The molecular weight excluding hydrogens is 490 g/mol. The normalized spacial score (nSPS) is 33.1. The molecule has 214 valence electrons. The van der Waals surface area contributed by atoms with E-state index < -0.39 is 41.2 Å². The first-order valence-electron chi connectivity index (χ1n) is 14.0. The van der Waals surface area contributed by atoms with E-state index in [1.54, 1.807) is 27.7 Å². The molecule has 0 bridgehead atoms. The summed E-state index contributed by atoms with van der Waals surface area (Å²) in [4.78, 5) is 54.6. The Hall–Kier alpha value is -2.62. The number of nitrogens with one attached hydrogen (secondary N) is 2. The number of ether oxygens (including phenoxy) is 3. The lowest BCUT2D eigenvalue weighted by Crippen LogP contribution is -2.56. The zero-order valence-electron chi connectivity index (χ0n) is 23.7. The van der Waals surface area contributed by atoms with Gasteiger partial charge in [0.15, 0.2) is 0 Å². The maximum atomic E-state index is 13.9. The number of rotatable bonds is 5. The smallest absolute Gasteiger partial charge is 0.408 e. The van der Waals surface area contributed by atoms with Gasteiger partial charge in [-0.2, -0.15) is 0 Å². The fourth-order valence-corrected chi connectivity index (χ4v) is 5.33. The van der Waals surface area contributed by atoms with Gasteiger partial charge in [-0.25, -0.2) is 9.59 Å². The molecule has 2 N–H and O–H groups in total. The number of hydrogen-bond acceptors (Lipinski definition) is 7. The van der Waals surface area contributed by atoms with Gasteiger partial charge in [0, 0.05) is 25.5 Å². The van der Waals surface area contributed by atoms with Gasteiger partial charge >= 0.3 is 12.1 Å². The zero-order chi connectivity index (χ0) is 28.1. The summed E-state index contributed by atoms with van der Waals surface area (Å²) in [5.74, 6) is -1.03. The molecule has 2 fully saturated rings. The van der Waals surface area contributed by atoms with Crippen LogP contribution in [0.15, 0.2) is 12.2 Å². The predicted molar refractivity (Wildman–Crippen MR) is 141 cm³/mol. The number of allylic oxidation sites excluding steroid dienone is 1. The highest BCUT2D eigenvalue weighted by Gasteiger charge is 2.62. The van der Waals surface area contributed by atoms with Gasteiger partial charge in [-0.15, -0.1) is 0 Å². The fourth-order valence-electron chi connectivity index (χ4n) is 5.33. The Morgan fingerprint density at radius 1 is 1.18 bits per heavy atom. The molecule has 38 heavy (non-hydrogen) atoms. The number of carbonyl (C=O) groups is 4. The summed E-state index contributed by atoms with van der Waals surface area (Å²) in [6, 6.07) is -1.68. The summed E-state index contributed by atoms with van der Waals surface area (Å²) >= 11 is 0. The standard InChI is InChI=1S/C28H45N3O7/c1-7-36-20-15-22-23(32)30-28(25(34)37-8-2)16-19(28)13-9-11-18(3)12-10-14-21(24(33)31(22)17-20)29-26(35)38-27(4,5)6/h9,13,18-22H,7-8,10-12,14-17H2,1-6H3,(H,29,35)(H,30,32)/b13-9-/t18?,19?,20-,21+,22+,28-/m1/s1. The highest BCUT2D eigenvalue weighted by Crippen LogP contribution is 2.46. The predicted octanol–water partition coefficient (Wildman–Crippen LogP) is 3.09. The molecule has 3 aliphatic rings. The lowest BCUT2D eigenvalue weighted by atomic mass is 9.97. The average Bonchev–Trinajstić information content (AvgIpc) is 3.34. The lowest BCUT2D eigenvalue weighted by Gasteiger charge is -2.30. The van der Waals surface area contributed by atoms with Crippen molar-refractivity contribution in [2.24, 2.45) is 11.8 Å². The summed E-state index contributed by atoms with van der Waals surface area (Å²) < 4.78 is 16.5. The number of alkyl carbamates (subject to hydrolysis) is 1. The molecule has 1 saturated heterocycles. The van der Waals surface area contributed by atoms with Crippen molar-refractivity contribution in [3.05, 3.63) is 12.2 Å². The van der Waals surface area contributed by atoms with Gasteiger partial charge < -0.3 is 29.7 Å². The molecule has 2 unspecified atom stereocenters. The van der Waals surface area contributed by atoms with Crippen LogP contribution in [0.5, 0.6) is 0 Å². The van der Waals surface area contributed by atoms with E-state index in [-0.39, 0.29) is 31.1 Å². The van der Waals surface area contributed by atoms with E-state index in [1.165, 1.54) is 4.90 Å². The van der Waals surface area contributed by atoms with Gasteiger partial charge in [-0.05, 0) is 59.8 Å². The van der Waals surface area contributed by atoms with Crippen LogP contribution >= 0.6 is 0 Å². The van der Waals surface area contributed by atoms with Crippen molar-refractivity contribution in [1.29, 1.82) is 0 Å². The fraction of sp³-hybridized carbons (Fsp3) is 0.786. The summed E-state index contributed by atoms with van der Waals surface area (Å²) in [6.45, 7) is 11.9. The van der Waals surface area contributed by atoms with Crippen molar-refractivity contribution in [2.75, 3.05) is 19.8 Å². The molecule has 1 saturated carbocycles. The Bertz CT molecular complexity index is 915. The van der Waals surface area contributed by atoms with Gasteiger partial charge in [0.25, 0.3) is 0 Å². The van der Waals surface area contributed by atoms with E-state index in [2.05, 4.69) is 23.6 Å². The van der Waals surface area contributed by atoms with E-state index in [0.29, 0.717) is 31.8 Å². The molecule has 2 heterocycles. The van der Waals surface area contributed by atoms with Crippen LogP contribution < -0.4 is 10.6 Å². The third kappa shape index (κ3) is 7.48. The van der Waals surface area contributed by atoms with Crippen LogP contribution in [0, 0.1) is 11.8 Å². The topological polar surface area (TPSA) is 123 Å². The Morgan fingerprint density at radius 3 is 2.58 bits per heavy atom. The van der Waals surface area contributed by atoms with Crippen molar-refractivity contribution >= 4 is 23.9 Å². The maximum absolute atomic E-state index is 13.9. The first kappa shape index (κ1) is 29.9. The Labute approximate surface area is 226 Å². The first-order chi connectivity index (χ1) is 17.9. The zero-order valence-corrected chi connectivity index (χ0v) is 23.7. The van der Waals surface area contributed by atoms with Crippen LogP contribution in [0.25, 0.3) is 0 Å². The second-order valence-corrected chi connectivity index (χ2v) is 11.7. The van der Waals surface area contributed by atoms with Crippen molar-refractivity contribution in [3.8, 4) is 0 Å². The molecule has 0 aromatic rings. The average molecular weight is 536 g/mol. The Morgan fingerprint density at radius 2 is 1.92 bits per heavy atom. The minimum absolute atomic E-state index is 0.155. The van der Waals surface area contributed by atoms with Crippen LogP contribution in [-0.4, -0.2) is 77.9 Å². The summed E-state index contributed by atoms with van der Waals surface area (Å²) in [7, 11) is 0. The maximum Gasteiger partial charge on any atom is 0.408 e. The summed E-state index contributed by atoms with van der Waals surface area (Å²) in [5.41, 5.74) is -1.84. The van der Waals surface area contributed by atoms with Crippen LogP contribution in [0.3, 0.4) is 0 Å². The van der Waals surface area contributed by atoms with Gasteiger partial charge in [0.1, 0.15) is 23.2 Å². The first-order valence-corrected chi connectivity index (χ1v) is 14.0. The number of esters is 1. The second-order valence-electron chi connectivity index (χ2n) is 11.7. The second kappa shape index (κ2) is 12.5.